The molecule has 6 nitrogen and oxygen atoms in total. The lowest BCUT2D eigenvalue weighted by molar-refractivity contribution is -0.122. The Bertz CT molecular complexity index is 551. The van der Waals surface area contributed by atoms with Gasteiger partial charge >= 0.3 is 0 Å². The van der Waals surface area contributed by atoms with Crippen LogP contribution in [0.4, 0.5) is 0 Å². The zero-order valence-corrected chi connectivity index (χ0v) is 13.1. The fraction of sp³-hybridized carbons (Fsp3) is 0.812. The molecule has 2 fully saturated rings. The third-order valence-electron chi connectivity index (χ3n) is 5.09. The van der Waals surface area contributed by atoms with E-state index in [1.807, 2.05) is 0 Å². The number of nitrogens with one attached hydrogen (secondary N) is 1. The molecule has 0 unspecified atom stereocenters. The number of hydrogen-bond donors (Lipinski definition) is 1. The molecule has 1 saturated carbocycles. The average molecular weight is 303 g/mol. The summed E-state index contributed by atoms with van der Waals surface area (Å²) >= 11 is 0. The SMILES string of the molecule is O=C(CN1CCC[C@H]1c1nnc2n1CCCCC2)NC1CC1. The zero-order valence-electron chi connectivity index (χ0n) is 13.1. The van der Waals surface area contributed by atoms with Crippen LogP contribution in [-0.4, -0.2) is 44.7 Å². The van der Waals surface area contributed by atoms with Crippen LogP contribution in [0.3, 0.4) is 0 Å². The van der Waals surface area contributed by atoms with Crippen molar-refractivity contribution in [1.82, 2.24) is 25.0 Å². The third-order valence-corrected chi connectivity index (χ3v) is 5.09. The van der Waals surface area contributed by atoms with Gasteiger partial charge in [-0.2, -0.15) is 0 Å². The Hall–Kier alpha value is -1.43. The van der Waals surface area contributed by atoms with Crippen molar-refractivity contribution in [1.29, 1.82) is 0 Å². The molecule has 0 aromatic carbocycles. The Balaban J connectivity index is 1.48. The van der Waals surface area contributed by atoms with Gasteiger partial charge in [0.1, 0.15) is 11.6 Å². The summed E-state index contributed by atoms with van der Waals surface area (Å²) in [5, 5.41) is 12.0. The minimum atomic E-state index is 0.171. The first-order chi connectivity index (χ1) is 10.8. The van der Waals surface area contributed by atoms with E-state index >= 15 is 0 Å². The van der Waals surface area contributed by atoms with Gasteiger partial charge in [-0.1, -0.05) is 6.42 Å². The molecule has 0 spiro atoms. The summed E-state index contributed by atoms with van der Waals surface area (Å²) in [4.78, 5) is 14.4. The summed E-state index contributed by atoms with van der Waals surface area (Å²) in [5.74, 6) is 2.40. The van der Waals surface area contributed by atoms with Crippen molar-refractivity contribution in [2.45, 2.75) is 70.0 Å². The fourth-order valence-corrected chi connectivity index (χ4v) is 3.75. The molecule has 6 heteroatoms. The zero-order chi connectivity index (χ0) is 14.9. The van der Waals surface area contributed by atoms with Gasteiger partial charge in [-0.05, 0) is 45.1 Å². The molecule has 1 atom stereocenters. The number of carbonyl (C=O) groups is 1. The minimum absolute atomic E-state index is 0.171. The lowest BCUT2D eigenvalue weighted by atomic mass is 10.2. The highest BCUT2D eigenvalue weighted by atomic mass is 16.2. The monoisotopic (exact) mass is 303 g/mol. The van der Waals surface area contributed by atoms with Crippen LogP contribution in [0.5, 0.6) is 0 Å². The Kier molecular flexibility index (Phi) is 3.86. The highest BCUT2D eigenvalue weighted by Gasteiger charge is 2.33. The Morgan fingerprint density at radius 2 is 2.00 bits per heavy atom. The molecular weight excluding hydrogens is 278 g/mol. The van der Waals surface area contributed by atoms with Crippen LogP contribution in [0.1, 0.15) is 62.6 Å². The number of aromatic nitrogens is 3. The van der Waals surface area contributed by atoms with Crippen molar-refractivity contribution >= 4 is 5.91 Å². The van der Waals surface area contributed by atoms with Crippen LogP contribution in [-0.2, 0) is 17.8 Å². The molecule has 0 radical (unpaired) electrons. The predicted molar refractivity (Wildman–Crippen MR) is 82.3 cm³/mol. The van der Waals surface area contributed by atoms with Gasteiger partial charge in [-0.15, -0.1) is 10.2 Å². The maximum Gasteiger partial charge on any atom is 0.234 e. The van der Waals surface area contributed by atoms with Crippen molar-refractivity contribution in [3.8, 4) is 0 Å². The molecule has 2 aliphatic heterocycles. The van der Waals surface area contributed by atoms with Crippen LogP contribution in [0.25, 0.3) is 0 Å². The molecule has 3 heterocycles. The smallest absolute Gasteiger partial charge is 0.234 e. The Labute approximate surface area is 131 Å². The molecule has 3 aliphatic rings. The van der Waals surface area contributed by atoms with Crippen LogP contribution in [0, 0.1) is 0 Å². The molecule has 1 aromatic rings. The molecule has 22 heavy (non-hydrogen) atoms. The maximum absolute atomic E-state index is 12.1. The van der Waals surface area contributed by atoms with Crippen LogP contribution in [0.15, 0.2) is 0 Å². The molecule has 1 N–H and O–H groups in total. The van der Waals surface area contributed by atoms with Gasteiger partial charge in [0.25, 0.3) is 0 Å². The van der Waals surface area contributed by atoms with E-state index in [4.69, 9.17) is 0 Å². The third kappa shape index (κ3) is 2.89. The largest absolute Gasteiger partial charge is 0.352 e. The summed E-state index contributed by atoms with van der Waals surface area (Å²) in [5.41, 5.74) is 0. The van der Waals surface area contributed by atoms with E-state index in [-0.39, 0.29) is 11.9 Å². The average Bonchev–Trinajstić information content (AvgIpc) is 3.14. The number of fused-ring (bicyclic) bond motifs is 1. The first-order valence-corrected chi connectivity index (χ1v) is 8.76. The summed E-state index contributed by atoms with van der Waals surface area (Å²) in [6.07, 6.45) is 9.28. The van der Waals surface area contributed by atoms with Gasteiger partial charge in [0.2, 0.25) is 5.91 Å². The number of carbonyl (C=O) groups excluding carboxylic acids is 1. The molecule has 1 saturated heterocycles. The van der Waals surface area contributed by atoms with Gasteiger partial charge < -0.3 is 9.88 Å². The quantitative estimate of drug-likeness (QED) is 0.914. The maximum atomic E-state index is 12.1. The Morgan fingerprint density at radius 3 is 2.86 bits per heavy atom. The second-order valence-electron chi connectivity index (χ2n) is 6.91. The van der Waals surface area contributed by atoms with E-state index in [0.717, 1.165) is 56.8 Å². The van der Waals surface area contributed by atoms with Gasteiger partial charge in [0.05, 0.1) is 12.6 Å². The summed E-state index contributed by atoms with van der Waals surface area (Å²) < 4.78 is 2.33. The van der Waals surface area contributed by atoms with E-state index in [1.165, 1.54) is 19.3 Å². The van der Waals surface area contributed by atoms with Gasteiger partial charge in [0, 0.05) is 19.0 Å². The van der Waals surface area contributed by atoms with Gasteiger partial charge in [-0.3, -0.25) is 9.69 Å². The molecule has 4 rings (SSSR count). The summed E-state index contributed by atoms with van der Waals surface area (Å²) in [6.45, 7) is 2.53. The van der Waals surface area contributed by atoms with E-state index < -0.39 is 0 Å². The fourth-order valence-electron chi connectivity index (χ4n) is 3.75. The van der Waals surface area contributed by atoms with Crippen LogP contribution in [0.2, 0.25) is 0 Å². The van der Waals surface area contributed by atoms with Crippen molar-refractivity contribution in [2.75, 3.05) is 13.1 Å². The number of rotatable bonds is 4. The normalized spacial score (nSPS) is 25.7. The number of hydrogen-bond acceptors (Lipinski definition) is 4. The molecule has 120 valence electrons. The van der Waals surface area contributed by atoms with Gasteiger partial charge in [0.15, 0.2) is 0 Å². The standard InChI is InChI=1S/C16H25N5O/c22-15(17-12-7-8-12)11-20-9-4-5-13(20)16-19-18-14-6-2-1-3-10-21(14)16/h12-13H,1-11H2,(H,17,22)/t13-/m0/s1. The first kappa shape index (κ1) is 14.2. The van der Waals surface area contributed by atoms with E-state index in [0.29, 0.717) is 12.6 Å². The predicted octanol–water partition coefficient (Wildman–Crippen LogP) is 1.42. The minimum Gasteiger partial charge on any atom is -0.352 e. The highest BCUT2D eigenvalue weighted by molar-refractivity contribution is 5.78. The number of nitrogens with zero attached hydrogens (tertiary/aromatic N) is 4. The number of likely N-dealkylation sites (tertiary alicyclic amines) is 1. The summed E-state index contributed by atoms with van der Waals surface area (Å²) in [6, 6.07) is 0.710. The summed E-state index contributed by atoms with van der Waals surface area (Å²) in [7, 11) is 0. The number of amides is 1. The van der Waals surface area contributed by atoms with Gasteiger partial charge in [-0.25, -0.2) is 0 Å². The van der Waals surface area contributed by atoms with Crippen molar-refractivity contribution in [3.63, 3.8) is 0 Å². The Morgan fingerprint density at radius 1 is 1.09 bits per heavy atom. The van der Waals surface area contributed by atoms with E-state index in [2.05, 4.69) is 25.0 Å². The van der Waals surface area contributed by atoms with E-state index in [1.54, 1.807) is 0 Å². The molecule has 0 bridgehead atoms. The first-order valence-electron chi connectivity index (χ1n) is 8.76. The second-order valence-corrected chi connectivity index (χ2v) is 6.91. The van der Waals surface area contributed by atoms with Crippen molar-refractivity contribution in [3.05, 3.63) is 11.6 Å². The van der Waals surface area contributed by atoms with Crippen molar-refractivity contribution in [2.24, 2.45) is 0 Å². The molecule has 1 aromatic heterocycles. The molecule has 1 amide bonds. The van der Waals surface area contributed by atoms with Crippen molar-refractivity contribution < 1.29 is 4.79 Å². The topological polar surface area (TPSA) is 63.1 Å². The second kappa shape index (κ2) is 5.99. The van der Waals surface area contributed by atoms with Crippen LogP contribution >= 0.6 is 0 Å². The molecular formula is C16H25N5O. The lowest BCUT2D eigenvalue weighted by Crippen LogP contribution is -2.38. The lowest BCUT2D eigenvalue weighted by Gasteiger charge is -2.23. The molecule has 1 aliphatic carbocycles. The van der Waals surface area contributed by atoms with E-state index in [9.17, 15) is 4.79 Å². The van der Waals surface area contributed by atoms with Crippen LogP contribution < -0.4 is 5.32 Å². The highest BCUT2D eigenvalue weighted by Crippen LogP contribution is 2.32. The number of aryl methyl sites for hydroxylation is 1.